The molecular formula is C12H25N3O. The van der Waals surface area contributed by atoms with Crippen molar-refractivity contribution in [1.29, 1.82) is 0 Å². The number of amides is 1. The van der Waals surface area contributed by atoms with E-state index in [2.05, 4.69) is 29.4 Å². The Morgan fingerprint density at radius 3 is 2.75 bits per heavy atom. The van der Waals surface area contributed by atoms with Crippen molar-refractivity contribution in [2.75, 3.05) is 33.2 Å². The Bertz CT molecular complexity index is 220. The normalized spacial score (nSPS) is 25.0. The third kappa shape index (κ3) is 3.46. The van der Waals surface area contributed by atoms with Gasteiger partial charge in [0.1, 0.15) is 0 Å². The third-order valence-corrected chi connectivity index (χ3v) is 3.43. The minimum Gasteiger partial charge on any atom is -0.358 e. The maximum Gasteiger partial charge on any atom is 0.233 e. The van der Waals surface area contributed by atoms with Gasteiger partial charge >= 0.3 is 0 Å². The molecule has 0 aromatic rings. The second kappa shape index (κ2) is 6.86. The summed E-state index contributed by atoms with van der Waals surface area (Å²) in [5, 5.41) is 6.14. The molecular weight excluding hydrogens is 202 g/mol. The van der Waals surface area contributed by atoms with Crippen LogP contribution in [0.25, 0.3) is 0 Å². The van der Waals surface area contributed by atoms with Crippen molar-refractivity contribution < 1.29 is 4.79 Å². The van der Waals surface area contributed by atoms with Crippen LogP contribution in [0.5, 0.6) is 0 Å². The molecule has 4 nitrogen and oxygen atoms in total. The smallest absolute Gasteiger partial charge is 0.233 e. The Kier molecular flexibility index (Phi) is 5.77. The van der Waals surface area contributed by atoms with Crippen LogP contribution >= 0.6 is 0 Å². The van der Waals surface area contributed by atoms with Crippen LogP contribution < -0.4 is 10.6 Å². The summed E-state index contributed by atoms with van der Waals surface area (Å²) in [6.45, 7) is 8.06. The first-order valence-corrected chi connectivity index (χ1v) is 6.38. The largest absolute Gasteiger partial charge is 0.358 e. The summed E-state index contributed by atoms with van der Waals surface area (Å²) < 4.78 is 0. The molecule has 1 amide bonds. The highest BCUT2D eigenvalue weighted by atomic mass is 16.1. The lowest BCUT2D eigenvalue weighted by Crippen LogP contribution is -2.46. The molecule has 1 saturated heterocycles. The molecule has 1 heterocycles. The molecule has 1 rings (SSSR count). The van der Waals surface area contributed by atoms with Gasteiger partial charge in [0.25, 0.3) is 0 Å². The molecule has 0 aliphatic carbocycles. The van der Waals surface area contributed by atoms with Crippen molar-refractivity contribution in [2.24, 2.45) is 5.92 Å². The van der Waals surface area contributed by atoms with E-state index in [4.69, 9.17) is 0 Å². The zero-order valence-electron chi connectivity index (χ0n) is 10.8. The fourth-order valence-corrected chi connectivity index (χ4v) is 2.48. The molecule has 0 aromatic heterocycles. The van der Waals surface area contributed by atoms with E-state index in [1.54, 1.807) is 7.05 Å². The van der Waals surface area contributed by atoms with E-state index >= 15 is 0 Å². The molecule has 0 bridgehead atoms. The second-order valence-electron chi connectivity index (χ2n) is 4.54. The number of likely N-dealkylation sites (N-methyl/N-ethyl adjacent to an activating group) is 1. The Labute approximate surface area is 98.8 Å². The predicted molar refractivity (Wildman–Crippen MR) is 66.4 cm³/mol. The zero-order valence-corrected chi connectivity index (χ0v) is 10.8. The summed E-state index contributed by atoms with van der Waals surface area (Å²) in [7, 11) is 1.71. The van der Waals surface area contributed by atoms with Gasteiger partial charge in [0, 0.05) is 19.6 Å². The van der Waals surface area contributed by atoms with Gasteiger partial charge in [-0.3, -0.25) is 9.69 Å². The Morgan fingerprint density at radius 1 is 1.44 bits per heavy atom. The van der Waals surface area contributed by atoms with Crippen LogP contribution in [0.15, 0.2) is 0 Å². The molecule has 1 fully saturated rings. The Morgan fingerprint density at radius 2 is 2.19 bits per heavy atom. The van der Waals surface area contributed by atoms with Gasteiger partial charge in [0.15, 0.2) is 0 Å². The van der Waals surface area contributed by atoms with E-state index in [-0.39, 0.29) is 5.91 Å². The number of nitrogens with zero attached hydrogens (tertiary/aromatic N) is 1. The molecule has 2 N–H and O–H groups in total. The quantitative estimate of drug-likeness (QED) is 0.692. The first-order valence-electron chi connectivity index (χ1n) is 6.38. The lowest BCUT2D eigenvalue weighted by Gasteiger charge is -2.31. The van der Waals surface area contributed by atoms with Crippen molar-refractivity contribution in [3.63, 3.8) is 0 Å². The second-order valence-corrected chi connectivity index (χ2v) is 4.54. The number of nitrogens with one attached hydrogen (secondary N) is 2. The van der Waals surface area contributed by atoms with Gasteiger partial charge in [-0.15, -0.1) is 0 Å². The fraction of sp³-hybridized carbons (Fsp3) is 0.917. The van der Waals surface area contributed by atoms with Crippen LogP contribution in [-0.4, -0.2) is 50.1 Å². The summed E-state index contributed by atoms with van der Waals surface area (Å²) in [6.07, 6.45) is 2.29. The average Bonchev–Trinajstić information content (AvgIpc) is 2.76. The monoisotopic (exact) mass is 227 g/mol. The van der Waals surface area contributed by atoms with E-state index in [9.17, 15) is 4.79 Å². The maximum absolute atomic E-state index is 11.5. The minimum absolute atomic E-state index is 0.121. The van der Waals surface area contributed by atoms with Crippen LogP contribution in [0.1, 0.15) is 26.7 Å². The first kappa shape index (κ1) is 13.5. The first-order chi connectivity index (χ1) is 7.72. The van der Waals surface area contributed by atoms with E-state index < -0.39 is 0 Å². The topological polar surface area (TPSA) is 44.4 Å². The summed E-state index contributed by atoms with van der Waals surface area (Å²) in [5.74, 6) is 0.811. The standard InChI is InChI=1S/C12H25N3O/c1-4-6-15(9-12(16)13-3)11-8-14-7-10(11)5-2/h10-11,14H,4-9H2,1-3H3,(H,13,16). The third-order valence-electron chi connectivity index (χ3n) is 3.43. The van der Waals surface area contributed by atoms with Gasteiger partial charge in [-0.05, 0) is 25.4 Å². The zero-order chi connectivity index (χ0) is 12.0. The predicted octanol–water partition coefficient (Wildman–Crippen LogP) is 0.442. The number of rotatable bonds is 6. The minimum atomic E-state index is 0.121. The molecule has 1 aliphatic rings. The lowest BCUT2D eigenvalue weighted by atomic mass is 9.99. The van der Waals surface area contributed by atoms with Gasteiger partial charge in [0.05, 0.1) is 6.54 Å². The molecule has 1 aliphatic heterocycles. The van der Waals surface area contributed by atoms with Crippen molar-refractivity contribution in [3.8, 4) is 0 Å². The molecule has 2 atom stereocenters. The van der Waals surface area contributed by atoms with Crippen molar-refractivity contribution in [1.82, 2.24) is 15.5 Å². The molecule has 16 heavy (non-hydrogen) atoms. The van der Waals surface area contributed by atoms with Crippen LogP contribution in [0.4, 0.5) is 0 Å². The van der Waals surface area contributed by atoms with Crippen molar-refractivity contribution in [2.45, 2.75) is 32.7 Å². The highest BCUT2D eigenvalue weighted by Gasteiger charge is 2.30. The van der Waals surface area contributed by atoms with Gasteiger partial charge in [0.2, 0.25) is 5.91 Å². The number of hydrogen-bond donors (Lipinski definition) is 2. The average molecular weight is 227 g/mol. The van der Waals surface area contributed by atoms with Gasteiger partial charge < -0.3 is 10.6 Å². The van der Waals surface area contributed by atoms with Gasteiger partial charge in [-0.2, -0.15) is 0 Å². The molecule has 94 valence electrons. The number of carbonyl (C=O) groups excluding carboxylic acids is 1. The molecule has 0 spiro atoms. The van der Waals surface area contributed by atoms with E-state index in [1.807, 2.05) is 0 Å². The molecule has 4 heteroatoms. The van der Waals surface area contributed by atoms with Gasteiger partial charge in [-0.25, -0.2) is 0 Å². The summed E-state index contributed by atoms with van der Waals surface area (Å²) >= 11 is 0. The number of hydrogen-bond acceptors (Lipinski definition) is 3. The van der Waals surface area contributed by atoms with Crippen LogP contribution in [0.3, 0.4) is 0 Å². The SMILES string of the molecule is CCCN(CC(=O)NC)C1CNCC1CC. The highest BCUT2D eigenvalue weighted by Crippen LogP contribution is 2.19. The number of carbonyl (C=O) groups is 1. The van der Waals surface area contributed by atoms with Crippen molar-refractivity contribution >= 4 is 5.91 Å². The molecule has 0 radical (unpaired) electrons. The Hall–Kier alpha value is -0.610. The lowest BCUT2D eigenvalue weighted by molar-refractivity contribution is -0.122. The van der Waals surface area contributed by atoms with E-state index in [0.29, 0.717) is 18.5 Å². The summed E-state index contributed by atoms with van der Waals surface area (Å²) in [6, 6.07) is 0.530. The van der Waals surface area contributed by atoms with E-state index in [0.717, 1.165) is 26.1 Å². The maximum atomic E-state index is 11.5. The summed E-state index contributed by atoms with van der Waals surface area (Å²) in [4.78, 5) is 13.8. The van der Waals surface area contributed by atoms with Gasteiger partial charge in [-0.1, -0.05) is 20.3 Å². The highest BCUT2D eigenvalue weighted by molar-refractivity contribution is 5.77. The Balaban J connectivity index is 2.57. The van der Waals surface area contributed by atoms with E-state index in [1.165, 1.54) is 6.42 Å². The molecule has 2 unspecified atom stereocenters. The van der Waals surface area contributed by atoms with Crippen LogP contribution in [-0.2, 0) is 4.79 Å². The molecule has 0 saturated carbocycles. The summed E-state index contributed by atoms with van der Waals surface area (Å²) in [5.41, 5.74) is 0. The fourth-order valence-electron chi connectivity index (χ4n) is 2.48. The van der Waals surface area contributed by atoms with Crippen LogP contribution in [0, 0.1) is 5.92 Å². The van der Waals surface area contributed by atoms with Crippen LogP contribution in [0.2, 0.25) is 0 Å². The van der Waals surface area contributed by atoms with Crippen molar-refractivity contribution in [3.05, 3.63) is 0 Å². The molecule has 0 aromatic carbocycles.